The van der Waals surface area contributed by atoms with Crippen molar-refractivity contribution in [1.29, 1.82) is 0 Å². The van der Waals surface area contributed by atoms with Gasteiger partial charge < -0.3 is 5.73 Å². The molecule has 2 aromatic rings. The molecule has 0 atom stereocenters. The van der Waals surface area contributed by atoms with Crippen molar-refractivity contribution < 1.29 is 4.79 Å². The summed E-state index contributed by atoms with van der Waals surface area (Å²) in [5, 5.41) is 1.85. The summed E-state index contributed by atoms with van der Waals surface area (Å²) in [5.41, 5.74) is 7.16. The SMILES string of the molecule is Nc1ccc(C=O)c2ccccc12. The Morgan fingerprint density at radius 1 is 1.00 bits per heavy atom. The van der Waals surface area contributed by atoms with E-state index in [1.807, 2.05) is 24.3 Å². The third-order valence-corrected chi connectivity index (χ3v) is 2.12. The van der Waals surface area contributed by atoms with Gasteiger partial charge in [-0.2, -0.15) is 0 Å². The minimum Gasteiger partial charge on any atom is -0.398 e. The molecule has 0 aromatic heterocycles. The van der Waals surface area contributed by atoms with E-state index in [0.717, 1.165) is 17.1 Å². The minimum absolute atomic E-state index is 0.685. The summed E-state index contributed by atoms with van der Waals surface area (Å²) >= 11 is 0. The Morgan fingerprint density at radius 3 is 2.38 bits per heavy atom. The molecule has 64 valence electrons. The molecule has 2 aromatic carbocycles. The molecule has 0 bridgehead atoms. The second kappa shape index (κ2) is 2.90. The first-order chi connectivity index (χ1) is 6.33. The molecular formula is C11H9NO. The Hall–Kier alpha value is -1.83. The molecule has 0 saturated carbocycles. The molecule has 0 heterocycles. The van der Waals surface area contributed by atoms with Gasteiger partial charge in [0.2, 0.25) is 0 Å². The molecule has 0 aliphatic carbocycles. The van der Waals surface area contributed by atoms with E-state index in [2.05, 4.69) is 0 Å². The van der Waals surface area contributed by atoms with Crippen LogP contribution in [0.1, 0.15) is 10.4 Å². The number of nitrogens with two attached hydrogens (primary N) is 1. The lowest BCUT2D eigenvalue weighted by Gasteiger charge is -2.02. The zero-order valence-corrected chi connectivity index (χ0v) is 7.03. The molecule has 0 unspecified atom stereocenters. The first kappa shape index (κ1) is 7.80. The van der Waals surface area contributed by atoms with Gasteiger partial charge in [-0.1, -0.05) is 24.3 Å². The van der Waals surface area contributed by atoms with Crippen molar-refractivity contribution >= 4 is 22.7 Å². The molecule has 2 nitrogen and oxygen atoms in total. The van der Waals surface area contributed by atoms with Crippen molar-refractivity contribution in [1.82, 2.24) is 0 Å². The topological polar surface area (TPSA) is 43.1 Å². The van der Waals surface area contributed by atoms with Crippen molar-refractivity contribution in [3.05, 3.63) is 42.0 Å². The number of nitrogen functional groups attached to an aromatic ring is 1. The Morgan fingerprint density at radius 2 is 1.69 bits per heavy atom. The lowest BCUT2D eigenvalue weighted by molar-refractivity contribution is 0.112. The van der Waals surface area contributed by atoms with Crippen LogP contribution in [0.2, 0.25) is 0 Å². The zero-order valence-electron chi connectivity index (χ0n) is 7.03. The van der Waals surface area contributed by atoms with Crippen LogP contribution in [0.4, 0.5) is 5.69 Å². The quantitative estimate of drug-likeness (QED) is 0.528. The van der Waals surface area contributed by atoms with E-state index < -0.39 is 0 Å². The van der Waals surface area contributed by atoms with Gasteiger partial charge in [0.1, 0.15) is 0 Å². The first-order valence-corrected chi connectivity index (χ1v) is 4.05. The summed E-state index contributed by atoms with van der Waals surface area (Å²) in [5.74, 6) is 0. The van der Waals surface area contributed by atoms with Crippen LogP contribution in [0.5, 0.6) is 0 Å². The van der Waals surface area contributed by atoms with Crippen LogP contribution in [0.3, 0.4) is 0 Å². The number of rotatable bonds is 1. The van der Waals surface area contributed by atoms with Gasteiger partial charge in [0.25, 0.3) is 0 Å². The van der Waals surface area contributed by atoms with Crippen LogP contribution in [-0.2, 0) is 0 Å². The Kier molecular flexibility index (Phi) is 1.74. The van der Waals surface area contributed by atoms with Gasteiger partial charge in [-0.05, 0) is 17.5 Å². The molecule has 0 aliphatic heterocycles. The van der Waals surface area contributed by atoms with E-state index in [0.29, 0.717) is 11.3 Å². The first-order valence-electron chi connectivity index (χ1n) is 4.05. The number of hydrogen-bond acceptors (Lipinski definition) is 2. The number of benzene rings is 2. The molecule has 0 amide bonds. The maximum atomic E-state index is 10.7. The maximum Gasteiger partial charge on any atom is 0.150 e. The molecule has 0 aliphatic rings. The van der Waals surface area contributed by atoms with Crippen LogP contribution in [0.15, 0.2) is 36.4 Å². The minimum atomic E-state index is 0.685. The zero-order chi connectivity index (χ0) is 9.26. The molecule has 0 fully saturated rings. The second-order valence-corrected chi connectivity index (χ2v) is 2.91. The molecule has 2 heteroatoms. The van der Waals surface area contributed by atoms with Crippen LogP contribution >= 0.6 is 0 Å². The van der Waals surface area contributed by atoms with E-state index in [4.69, 9.17) is 5.73 Å². The number of anilines is 1. The van der Waals surface area contributed by atoms with Gasteiger partial charge in [-0.3, -0.25) is 4.79 Å². The highest BCUT2D eigenvalue weighted by Gasteiger charge is 2.01. The van der Waals surface area contributed by atoms with Gasteiger partial charge in [0.15, 0.2) is 6.29 Å². The fourth-order valence-corrected chi connectivity index (χ4v) is 1.45. The summed E-state index contributed by atoms with van der Waals surface area (Å²) in [6.07, 6.45) is 0.849. The van der Waals surface area contributed by atoms with Crippen molar-refractivity contribution in [2.75, 3.05) is 5.73 Å². The largest absolute Gasteiger partial charge is 0.398 e. The number of fused-ring (bicyclic) bond motifs is 1. The summed E-state index contributed by atoms with van der Waals surface area (Å²) < 4.78 is 0. The van der Waals surface area contributed by atoms with E-state index in [9.17, 15) is 4.79 Å². The highest BCUT2D eigenvalue weighted by Crippen LogP contribution is 2.22. The fourth-order valence-electron chi connectivity index (χ4n) is 1.45. The van der Waals surface area contributed by atoms with Crippen molar-refractivity contribution in [3.63, 3.8) is 0 Å². The van der Waals surface area contributed by atoms with E-state index >= 15 is 0 Å². The number of carbonyl (C=O) groups is 1. The summed E-state index contributed by atoms with van der Waals surface area (Å²) in [7, 11) is 0. The van der Waals surface area contributed by atoms with Crippen LogP contribution < -0.4 is 5.73 Å². The number of aldehydes is 1. The predicted octanol–water partition coefficient (Wildman–Crippen LogP) is 2.23. The average Bonchev–Trinajstić information content (AvgIpc) is 2.19. The number of carbonyl (C=O) groups excluding carboxylic acids is 1. The monoisotopic (exact) mass is 171 g/mol. The van der Waals surface area contributed by atoms with Crippen LogP contribution in [0, 0.1) is 0 Å². The van der Waals surface area contributed by atoms with Gasteiger partial charge in [-0.25, -0.2) is 0 Å². The predicted molar refractivity (Wildman–Crippen MR) is 53.7 cm³/mol. The standard InChI is InChI=1S/C11H9NO/c12-11-6-5-8(7-13)9-3-1-2-4-10(9)11/h1-7H,12H2. The molecule has 0 spiro atoms. The van der Waals surface area contributed by atoms with Crippen molar-refractivity contribution in [2.24, 2.45) is 0 Å². The lowest BCUT2D eigenvalue weighted by Crippen LogP contribution is -1.89. The molecular weight excluding hydrogens is 162 g/mol. The van der Waals surface area contributed by atoms with E-state index in [1.54, 1.807) is 12.1 Å². The summed E-state index contributed by atoms with van der Waals surface area (Å²) in [6, 6.07) is 11.1. The summed E-state index contributed by atoms with van der Waals surface area (Å²) in [6.45, 7) is 0. The maximum absolute atomic E-state index is 10.7. The van der Waals surface area contributed by atoms with Gasteiger partial charge in [0, 0.05) is 16.6 Å². The molecule has 2 rings (SSSR count). The van der Waals surface area contributed by atoms with Gasteiger partial charge in [0.05, 0.1) is 0 Å². The third kappa shape index (κ3) is 1.16. The molecule has 2 N–H and O–H groups in total. The number of hydrogen-bond donors (Lipinski definition) is 1. The molecule has 0 saturated heterocycles. The van der Waals surface area contributed by atoms with Gasteiger partial charge >= 0.3 is 0 Å². The average molecular weight is 171 g/mol. The fraction of sp³-hybridized carbons (Fsp3) is 0. The highest BCUT2D eigenvalue weighted by atomic mass is 16.1. The van der Waals surface area contributed by atoms with Crippen molar-refractivity contribution in [3.8, 4) is 0 Å². The smallest absolute Gasteiger partial charge is 0.150 e. The van der Waals surface area contributed by atoms with E-state index in [-0.39, 0.29) is 0 Å². The molecule has 13 heavy (non-hydrogen) atoms. The lowest BCUT2D eigenvalue weighted by atomic mass is 10.0. The highest BCUT2D eigenvalue weighted by molar-refractivity contribution is 6.03. The van der Waals surface area contributed by atoms with Crippen molar-refractivity contribution in [2.45, 2.75) is 0 Å². The van der Waals surface area contributed by atoms with Crippen LogP contribution in [0.25, 0.3) is 10.8 Å². The third-order valence-electron chi connectivity index (χ3n) is 2.12. The van der Waals surface area contributed by atoms with E-state index in [1.165, 1.54) is 0 Å². The summed E-state index contributed by atoms with van der Waals surface area (Å²) in [4.78, 5) is 10.7. The Balaban J connectivity index is 2.92. The molecule has 0 radical (unpaired) electrons. The Bertz CT molecular complexity index is 463. The van der Waals surface area contributed by atoms with Gasteiger partial charge in [-0.15, -0.1) is 0 Å². The second-order valence-electron chi connectivity index (χ2n) is 2.91. The Labute approximate surface area is 76.0 Å². The normalized spacial score (nSPS) is 10.2. The van der Waals surface area contributed by atoms with Crippen LogP contribution in [-0.4, -0.2) is 6.29 Å².